The van der Waals surface area contributed by atoms with Crippen molar-refractivity contribution in [1.82, 2.24) is 15.6 Å². The minimum atomic E-state index is -0.333. The molecule has 0 spiro atoms. The van der Waals surface area contributed by atoms with Crippen molar-refractivity contribution in [2.24, 2.45) is 5.16 Å². The molecular weight excluding hydrogens is 337 g/mol. The van der Waals surface area contributed by atoms with Crippen molar-refractivity contribution in [3.05, 3.63) is 35.3 Å². The summed E-state index contributed by atoms with van der Waals surface area (Å²) in [6.45, 7) is 3.50. The number of nitrogens with zero attached hydrogens (tertiary/aromatic N) is 3. The first kappa shape index (κ1) is 17.7. The van der Waals surface area contributed by atoms with Crippen molar-refractivity contribution in [3.8, 4) is 0 Å². The zero-order valence-corrected chi connectivity index (χ0v) is 13.9. The van der Waals surface area contributed by atoms with E-state index in [9.17, 15) is 14.4 Å². The maximum Gasteiger partial charge on any atom is 0.216 e. The first-order valence-corrected chi connectivity index (χ1v) is 7.95. The third kappa shape index (κ3) is 4.69. The molecule has 0 bridgehead atoms. The highest BCUT2D eigenvalue weighted by atomic mass is 32.2. The fraction of sp³-hybridized carbons (Fsp3) is 0.286. The number of benzene rings is 1. The van der Waals surface area contributed by atoms with Crippen molar-refractivity contribution in [3.63, 3.8) is 0 Å². The Morgan fingerprint density at radius 1 is 1.46 bits per heavy atom. The lowest BCUT2D eigenvalue weighted by atomic mass is 10.2. The normalized spacial score (nSPS) is 11.4. The van der Waals surface area contributed by atoms with Gasteiger partial charge in [-0.05, 0) is 41.0 Å². The summed E-state index contributed by atoms with van der Waals surface area (Å²) in [4.78, 5) is 10.8. The Morgan fingerprint density at radius 3 is 2.92 bits per heavy atom. The highest BCUT2D eigenvalue weighted by Crippen LogP contribution is 2.21. The molecule has 1 amide bonds. The fourth-order valence-electron chi connectivity index (χ4n) is 1.79. The van der Waals surface area contributed by atoms with Crippen molar-refractivity contribution >= 4 is 29.2 Å². The predicted octanol–water partition coefficient (Wildman–Crippen LogP) is 1.99. The number of carbonyl (C=O) groups is 1. The smallest absolute Gasteiger partial charge is 0.216 e. The lowest BCUT2D eigenvalue weighted by Gasteiger charge is -2.08. The van der Waals surface area contributed by atoms with E-state index in [0.717, 1.165) is 0 Å². The third-order valence-electron chi connectivity index (χ3n) is 2.92. The Morgan fingerprint density at radius 2 is 2.25 bits per heavy atom. The molecular formula is C14H16FN5O3S. The van der Waals surface area contributed by atoms with Crippen molar-refractivity contribution in [1.29, 1.82) is 0 Å². The number of hydrogen-bond acceptors (Lipinski definition) is 7. The van der Waals surface area contributed by atoms with Gasteiger partial charge in [0.2, 0.25) is 11.7 Å². The fourth-order valence-corrected chi connectivity index (χ4v) is 2.54. The number of halogens is 1. The molecule has 10 heteroatoms. The van der Waals surface area contributed by atoms with Crippen molar-refractivity contribution in [2.45, 2.75) is 18.9 Å². The lowest BCUT2D eigenvalue weighted by molar-refractivity contribution is -0.118. The van der Waals surface area contributed by atoms with Gasteiger partial charge in [0.1, 0.15) is 5.82 Å². The maximum atomic E-state index is 13.3. The monoisotopic (exact) mass is 353 g/mol. The van der Waals surface area contributed by atoms with Gasteiger partial charge in [-0.25, -0.2) is 9.02 Å². The number of rotatable bonds is 6. The highest BCUT2D eigenvalue weighted by molar-refractivity contribution is 7.99. The molecule has 3 N–H and O–H groups in total. The number of aromatic nitrogens is 2. The first-order chi connectivity index (χ1) is 11.5. The summed E-state index contributed by atoms with van der Waals surface area (Å²) >= 11 is 1.28. The SMILES string of the molecule is CC(=O)NCCSc1nonc1/C(=N\O)Nc1ccc(F)c(C)c1. The van der Waals surface area contributed by atoms with Crippen LogP contribution >= 0.6 is 11.8 Å². The quantitative estimate of drug-likeness (QED) is 0.182. The predicted molar refractivity (Wildman–Crippen MR) is 86.8 cm³/mol. The summed E-state index contributed by atoms with van der Waals surface area (Å²) < 4.78 is 18.0. The van der Waals surface area contributed by atoms with E-state index in [4.69, 9.17) is 0 Å². The standard InChI is InChI=1S/C14H16FN5O3S/c1-8-7-10(3-4-11(8)15)17-13(18-22)12-14(20-23-19-12)24-6-5-16-9(2)21/h3-4,7,22H,5-6H2,1-2H3,(H,16,21)(H,17,18). The van der Waals surface area contributed by atoms with Crippen LogP contribution < -0.4 is 10.6 Å². The first-order valence-electron chi connectivity index (χ1n) is 6.96. The average molecular weight is 353 g/mol. The lowest BCUT2D eigenvalue weighted by Crippen LogP contribution is -2.22. The molecule has 0 saturated carbocycles. The number of hydrogen-bond donors (Lipinski definition) is 3. The summed E-state index contributed by atoms with van der Waals surface area (Å²) in [5.74, 6) is 0.0968. The highest BCUT2D eigenvalue weighted by Gasteiger charge is 2.18. The largest absolute Gasteiger partial charge is 0.409 e. The van der Waals surface area contributed by atoms with E-state index in [-0.39, 0.29) is 23.3 Å². The van der Waals surface area contributed by atoms with E-state index < -0.39 is 0 Å². The van der Waals surface area contributed by atoms with Gasteiger partial charge in [0, 0.05) is 24.9 Å². The summed E-state index contributed by atoms with van der Waals surface area (Å²) in [6, 6.07) is 4.37. The van der Waals surface area contributed by atoms with Gasteiger partial charge in [-0.2, -0.15) is 0 Å². The van der Waals surface area contributed by atoms with Gasteiger partial charge in [-0.1, -0.05) is 16.9 Å². The molecule has 0 atom stereocenters. The molecule has 0 fully saturated rings. The molecule has 0 unspecified atom stereocenters. The molecule has 0 aliphatic rings. The van der Waals surface area contributed by atoms with E-state index in [2.05, 4.69) is 30.7 Å². The van der Waals surface area contributed by atoms with Crippen LogP contribution in [-0.2, 0) is 4.79 Å². The van der Waals surface area contributed by atoms with Gasteiger partial charge >= 0.3 is 0 Å². The number of thioether (sulfide) groups is 1. The molecule has 1 heterocycles. The van der Waals surface area contributed by atoms with Crippen LogP contribution in [0.4, 0.5) is 10.1 Å². The van der Waals surface area contributed by atoms with Crippen molar-refractivity contribution in [2.75, 3.05) is 17.6 Å². The van der Waals surface area contributed by atoms with E-state index >= 15 is 0 Å². The number of amidine groups is 1. The van der Waals surface area contributed by atoms with Crippen LogP contribution in [0.15, 0.2) is 33.0 Å². The number of aryl methyl sites for hydroxylation is 1. The van der Waals surface area contributed by atoms with E-state index in [1.807, 2.05) is 0 Å². The second kappa shape index (κ2) is 8.29. The molecule has 0 saturated heterocycles. The van der Waals surface area contributed by atoms with Gasteiger partial charge in [0.05, 0.1) is 0 Å². The van der Waals surface area contributed by atoms with Gasteiger partial charge in [0.25, 0.3) is 0 Å². The molecule has 0 aliphatic heterocycles. The van der Waals surface area contributed by atoms with Gasteiger partial charge in [-0.15, -0.1) is 0 Å². The second-order valence-corrected chi connectivity index (χ2v) is 5.87. The van der Waals surface area contributed by atoms with Gasteiger partial charge in [0.15, 0.2) is 10.7 Å². The Balaban J connectivity index is 2.07. The Bertz CT molecular complexity index is 750. The zero-order chi connectivity index (χ0) is 17.5. The summed E-state index contributed by atoms with van der Waals surface area (Å²) in [6.07, 6.45) is 0. The number of oxime groups is 1. The number of nitrogens with one attached hydrogen (secondary N) is 2. The average Bonchev–Trinajstić information content (AvgIpc) is 3.00. The van der Waals surface area contributed by atoms with Gasteiger partial charge in [-0.3, -0.25) is 4.79 Å². The Labute approximate surface area is 141 Å². The third-order valence-corrected chi connectivity index (χ3v) is 3.87. The van der Waals surface area contributed by atoms with E-state index in [0.29, 0.717) is 28.6 Å². The molecule has 8 nitrogen and oxygen atoms in total. The molecule has 2 aromatic rings. The Hall–Kier alpha value is -2.62. The number of anilines is 1. The minimum Gasteiger partial charge on any atom is -0.409 e. The van der Waals surface area contributed by atoms with Crippen LogP contribution in [0.3, 0.4) is 0 Å². The Kier molecular flexibility index (Phi) is 6.13. The van der Waals surface area contributed by atoms with E-state index in [1.165, 1.54) is 30.8 Å². The van der Waals surface area contributed by atoms with Crippen LogP contribution in [0.5, 0.6) is 0 Å². The molecule has 0 radical (unpaired) electrons. The molecule has 1 aromatic heterocycles. The summed E-state index contributed by atoms with van der Waals surface area (Å²) in [5, 5.41) is 25.7. The van der Waals surface area contributed by atoms with Crippen LogP contribution in [0.25, 0.3) is 0 Å². The van der Waals surface area contributed by atoms with Crippen LogP contribution in [-0.4, -0.2) is 39.6 Å². The topological polar surface area (TPSA) is 113 Å². The summed E-state index contributed by atoms with van der Waals surface area (Å²) in [7, 11) is 0. The van der Waals surface area contributed by atoms with Gasteiger partial charge < -0.3 is 15.8 Å². The zero-order valence-electron chi connectivity index (χ0n) is 13.0. The van der Waals surface area contributed by atoms with Crippen molar-refractivity contribution < 1.29 is 19.0 Å². The van der Waals surface area contributed by atoms with Crippen LogP contribution in [0.1, 0.15) is 18.2 Å². The molecule has 0 aliphatic carbocycles. The van der Waals surface area contributed by atoms with E-state index in [1.54, 1.807) is 13.0 Å². The molecule has 24 heavy (non-hydrogen) atoms. The molecule has 1 aromatic carbocycles. The second-order valence-electron chi connectivity index (χ2n) is 4.79. The summed E-state index contributed by atoms with van der Waals surface area (Å²) in [5.41, 5.74) is 1.19. The van der Waals surface area contributed by atoms with Crippen LogP contribution in [0, 0.1) is 12.7 Å². The number of amides is 1. The number of carbonyl (C=O) groups excluding carboxylic acids is 1. The molecule has 128 valence electrons. The minimum absolute atomic E-state index is 0.0179. The van der Waals surface area contributed by atoms with Crippen LogP contribution in [0.2, 0.25) is 0 Å². The molecule has 2 rings (SSSR count). The maximum absolute atomic E-state index is 13.3.